The van der Waals surface area contributed by atoms with Gasteiger partial charge >= 0.3 is 0 Å². The van der Waals surface area contributed by atoms with Gasteiger partial charge in [-0.15, -0.1) is 11.3 Å². The van der Waals surface area contributed by atoms with Gasteiger partial charge in [-0.3, -0.25) is 9.69 Å². The number of rotatable bonds is 7. The van der Waals surface area contributed by atoms with E-state index >= 15 is 0 Å². The van der Waals surface area contributed by atoms with Gasteiger partial charge in [-0.25, -0.2) is 4.99 Å². The van der Waals surface area contributed by atoms with Crippen molar-refractivity contribution >= 4 is 23.2 Å². The van der Waals surface area contributed by atoms with Crippen LogP contribution in [0.3, 0.4) is 0 Å². The Kier molecular flexibility index (Phi) is 8.32. The van der Waals surface area contributed by atoms with Crippen LogP contribution in [0.5, 0.6) is 0 Å². The lowest BCUT2D eigenvalue weighted by atomic mass is 10.2. The molecule has 2 fully saturated rings. The minimum atomic E-state index is 0.0103. The van der Waals surface area contributed by atoms with E-state index < -0.39 is 0 Å². The Labute approximate surface area is 178 Å². The smallest absolute Gasteiger partial charge is 0.243 e. The number of carbonyl (C=O) groups excluding carboxylic acids is 1. The second-order valence-corrected chi connectivity index (χ2v) is 9.39. The summed E-state index contributed by atoms with van der Waals surface area (Å²) in [6, 6.07) is 5.15. The third-order valence-electron chi connectivity index (χ3n) is 5.61. The number of carbonyl (C=O) groups is 1. The van der Waals surface area contributed by atoms with Crippen molar-refractivity contribution < 1.29 is 9.53 Å². The molecule has 3 rings (SSSR count). The van der Waals surface area contributed by atoms with E-state index in [0.29, 0.717) is 6.04 Å². The van der Waals surface area contributed by atoms with Crippen LogP contribution in [0.4, 0.5) is 0 Å². The lowest BCUT2D eigenvalue weighted by Crippen LogP contribution is -2.48. The van der Waals surface area contributed by atoms with Crippen molar-refractivity contribution in [1.29, 1.82) is 0 Å². The zero-order valence-electron chi connectivity index (χ0n) is 17.9. The molecule has 1 atom stereocenters. The number of likely N-dealkylation sites (N-methyl/N-ethyl adjacent to an activating group) is 1. The predicted molar refractivity (Wildman–Crippen MR) is 119 cm³/mol. The lowest BCUT2D eigenvalue weighted by Gasteiger charge is -2.34. The first kappa shape index (κ1) is 22.1. The summed E-state index contributed by atoms with van der Waals surface area (Å²) < 4.78 is 5.56. The van der Waals surface area contributed by atoms with Crippen LogP contribution in [0.1, 0.15) is 41.5 Å². The fourth-order valence-electron chi connectivity index (χ4n) is 3.83. The van der Waals surface area contributed by atoms with Crippen molar-refractivity contribution in [3.05, 3.63) is 21.9 Å². The van der Waals surface area contributed by atoms with E-state index in [9.17, 15) is 4.79 Å². The third kappa shape index (κ3) is 6.69. The molecule has 7 nitrogen and oxygen atoms in total. The maximum absolute atomic E-state index is 12.0. The van der Waals surface area contributed by atoms with Gasteiger partial charge in [0.05, 0.1) is 19.3 Å². The van der Waals surface area contributed by atoms with Crippen molar-refractivity contribution in [2.24, 2.45) is 4.99 Å². The molecule has 2 N–H and O–H groups in total. The SMILES string of the molecule is Cc1ccc(C(CNC(=NCC(=O)N(C)C)NC2CCCC2)N2CCOCC2)s1. The average Bonchev–Trinajstić information content (AvgIpc) is 3.38. The van der Waals surface area contributed by atoms with E-state index in [2.05, 4.69) is 39.6 Å². The van der Waals surface area contributed by atoms with Gasteiger partial charge in [0.15, 0.2) is 5.96 Å². The van der Waals surface area contributed by atoms with Crippen LogP contribution in [-0.2, 0) is 9.53 Å². The average molecular weight is 422 g/mol. The molecule has 1 aromatic rings. The van der Waals surface area contributed by atoms with Crippen molar-refractivity contribution in [3.8, 4) is 0 Å². The fourth-order valence-corrected chi connectivity index (χ4v) is 4.84. The molecule has 29 heavy (non-hydrogen) atoms. The second kappa shape index (κ2) is 10.9. The number of hydrogen-bond donors (Lipinski definition) is 2. The highest BCUT2D eigenvalue weighted by Crippen LogP contribution is 2.28. The van der Waals surface area contributed by atoms with Crippen LogP contribution in [0.15, 0.2) is 17.1 Å². The zero-order valence-corrected chi connectivity index (χ0v) is 18.8. The number of aryl methyl sites for hydroxylation is 1. The summed E-state index contributed by atoms with van der Waals surface area (Å²) in [4.78, 5) is 23.4. The lowest BCUT2D eigenvalue weighted by molar-refractivity contribution is -0.127. The van der Waals surface area contributed by atoms with Gasteiger partial charge in [0.2, 0.25) is 5.91 Å². The molecule has 0 bridgehead atoms. The quantitative estimate of drug-likeness (QED) is 0.521. The van der Waals surface area contributed by atoms with Gasteiger partial charge in [-0.1, -0.05) is 12.8 Å². The van der Waals surface area contributed by atoms with E-state index in [0.717, 1.165) is 38.8 Å². The number of guanidine groups is 1. The standard InChI is InChI=1S/C21H35N5O2S/c1-16-8-9-19(29-16)18(26-10-12-28-13-11-26)14-22-21(23-15-20(27)25(2)3)24-17-6-4-5-7-17/h8-9,17-18H,4-7,10-15H2,1-3H3,(H2,22,23,24). The number of ether oxygens (including phenoxy) is 1. The molecule has 2 heterocycles. The number of thiophene rings is 1. The van der Waals surface area contributed by atoms with Gasteiger partial charge in [0, 0.05) is 49.5 Å². The van der Waals surface area contributed by atoms with E-state index in [-0.39, 0.29) is 18.5 Å². The molecular weight excluding hydrogens is 386 g/mol. The summed E-state index contributed by atoms with van der Waals surface area (Å²) >= 11 is 1.85. The Morgan fingerprint density at radius 1 is 1.31 bits per heavy atom. The van der Waals surface area contributed by atoms with Crippen molar-refractivity contribution in [2.75, 3.05) is 53.5 Å². The third-order valence-corrected chi connectivity index (χ3v) is 6.71. The van der Waals surface area contributed by atoms with Crippen LogP contribution >= 0.6 is 11.3 Å². The summed E-state index contributed by atoms with van der Waals surface area (Å²) in [5, 5.41) is 7.09. The summed E-state index contributed by atoms with van der Waals surface area (Å²) in [6.07, 6.45) is 4.84. The summed E-state index contributed by atoms with van der Waals surface area (Å²) in [5.74, 6) is 0.759. The molecule has 1 aliphatic heterocycles. The van der Waals surface area contributed by atoms with E-state index in [1.807, 2.05) is 11.3 Å². The number of aliphatic imine (C=N–C) groups is 1. The number of hydrogen-bond acceptors (Lipinski definition) is 5. The highest BCUT2D eigenvalue weighted by atomic mass is 32.1. The van der Waals surface area contributed by atoms with E-state index in [1.54, 1.807) is 19.0 Å². The highest BCUT2D eigenvalue weighted by molar-refractivity contribution is 7.12. The topological polar surface area (TPSA) is 69.2 Å². The Balaban J connectivity index is 1.69. The first-order valence-electron chi connectivity index (χ1n) is 10.7. The van der Waals surface area contributed by atoms with Crippen molar-refractivity contribution in [1.82, 2.24) is 20.4 Å². The molecule has 1 amide bonds. The molecular formula is C21H35N5O2S. The van der Waals surface area contributed by atoms with Gasteiger partial charge in [0.25, 0.3) is 0 Å². The van der Waals surface area contributed by atoms with Crippen LogP contribution in [-0.4, -0.2) is 81.2 Å². The van der Waals surface area contributed by atoms with E-state index in [4.69, 9.17) is 4.74 Å². The first-order chi connectivity index (χ1) is 14.0. The van der Waals surface area contributed by atoms with E-state index in [1.165, 1.54) is 35.4 Å². The normalized spacial score (nSPS) is 19.9. The molecule has 8 heteroatoms. The van der Waals surface area contributed by atoms with Crippen LogP contribution < -0.4 is 10.6 Å². The van der Waals surface area contributed by atoms with Crippen molar-refractivity contribution in [3.63, 3.8) is 0 Å². The van der Waals surface area contributed by atoms with Gasteiger partial charge in [-0.05, 0) is 31.9 Å². The minimum absolute atomic E-state index is 0.0103. The summed E-state index contributed by atoms with van der Waals surface area (Å²) in [5.41, 5.74) is 0. The molecule has 162 valence electrons. The highest BCUT2D eigenvalue weighted by Gasteiger charge is 2.25. The fraction of sp³-hybridized carbons (Fsp3) is 0.714. The molecule has 2 aliphatic rings. The summed E-state index contributed by atoms with van der Waals surface area (Å²) in [7, 11) is 3.53. The maximum atomic E-state index is 12.0. The molecule has 0 aromatic carbocycles. The largest absolute Gasteiger partial charge is 0.379 e. The van der Waals surface area contributed by atoms with Gasteiger partial charge < -0.3 is 20.3 Å². The van der Waals surface area contributed by atoms with Crippen LogP contribution in [0.2, 0.25) is 0 Å². The number of morpholine rings is 1. The Bertz CT molecular complexity index is 678. The number of amides is 1. The predicted octanol–water partition coefficient (Wildman–Crippen LogP) is 2.00. The summed E-state index contributed by atoms with van der Waals surface area (Å²) in [6.45, 7) is 6.50. The monoisotopic (exact) mass is 421 g/mol. The Hall–Kier alpha value is -1.64. The Morgan fingerprint density at radius 3 is 2.66 bits per heavy atom. The molecule has 1 unspecified atom stereocenters. The molecule has 0 radical (unpaired) electrons. The molecule has 1 aliphatic carbocycles. The molecule has 1 saturated carbocycles. The molecule has 0 spiro atoms. The van der Waals surface area contributed by atoms with Crippen LogP contribution in [0.25, 0.3) is 0 Å². The number of nitrogens with one attached hydrogen (secondary N) is 2. The second-order valence-electron chi connectivity index (χ2n) is 8.07. The van der Waals surface area contributed by atoms with Crippen molar-refractivity contribution in [2.45, 2.75) is 44.7 Å². The van der Waals surface area contributed by atoms with Gasteiger partial charge in [-0.2, -0.15) is 0 Å². The first-order valence-corrected chi connectivity index (χ1v) is 11.5. The maximum Gasteiger partial charge on any atom is 0.243 e. The van der Waals surface area contributed by atoms with Crippen LogP contribution in [0, 0.1) is 6.92 Å². The molecule has 1 aromatic heterocycles. The minimum Gasteiger partial charge on any atom is -0.379 e. The zero-order chi connectivity index (χ0) is 20.6. The Morgan fingerprint density at radius 2 is 2.03 bits per heavy atom. The molecule has 1 saturated heterocycles. The van der Waals surface area contributed by atoms with Gasteiger partial charge in [0.1, 0.15) is 6.54 Å². The number of nitrogens with zero attached hydrogens (tertiary/aromatic N) is 3.